The largest absolute Gasteiger partial charge is 0.497 e. The van der Waals surface area contributed by atoms with Crippen LogP contribution in [0.15, 0.2) is 115 Å². The molecule has 2 aliphatic rings. The number of ether oxygens (including phenoxy) is 2. The van der Waals surface area contributed by atoms with Gasteiger partial charge in [0, 0.05) is 17.9 Å². The van der Waals surface area contributed by atoms with Crippen LogP contribution in [0.25, 0.3) is 5.57 Å². The number of methoxy groups -OCH3 is 1. The summed E-state index contributed by atoms with van der Waals surface area (Å²) in [5.74, 6) is 2.19. The zero-order chi connectivity index (χ0) is 21.5. The molecule has 2 heteroatoms. The maximum absolute atomic E-state index is 6.87. The zero-order valence-electron chi connectivity index (χ0n) is 18.0. The van der Waals surface area contributed by atoms with Crippen molar-refractivity contribution in [3.8, 4) is 11.5 Å². The van der Waals surface area contributed by atoms with Crippen molar-refractivity contribution in [2.24, 2.45) is 0 Å². The van der Waals surface area contributed by atoms with Gasteiger partial charge in [-0.1, -0.05) is 91.0 Å². The third-order valence-electron chi connectivity index (χ3n) is 6.80. The van der Waals surface area contributed by atoms with Gasteiger partial charge in [-0.15, -0.1) is 0 Å². The van der Waals surface area contributed by atoms with Crippen molar-refractivity contribution in [2.45, 2.75) is 17.9 Å². The Bertz CT molecular complexity index is 1290. The van der Waals surface area contributed by atoms with E-state index in [9.17, 15) is 0 Å². The molecule has 1 aliphatic carbocycles. The lowest BCUT2D eigenvalue weighted by Crippen LogP contribution is -2.52. The van der Waals surface area contributed by atoms with E-state index in [0.29, 0.717) is 5.92 Å². The Morgan fingerprint density at radius 2 is 1.38 bits per heavy atom. The van der Waals surface area contributed by atoms with Crippen LogP contribution in [0, 0.1) is 0 Å². The maximum Gasteiger partial charge on any atom is 0.157 e. The second-order valence-corrected chi connectivity index (χ2v) is 8.47. The topological polar surface area (TPSA) is 18.5 Å². The molecule has 4 aromatic carbocycles. The van der Waals surface area contributed by atoms with Gasteiger partial charge in [-0.2, -0.15) is 0 Å². The number of benzene rings is 4. The predicted octanol–water partition coefficient (Wildman–Crippen LogP) is 6.97. The molecular formula is C30H24O2. The highest BCUT2D eigenvalue weighted by Gasteiger charge is 2.58. The molecule has 2 nitrogen and oxygen atoms in total. The summed E-state index contributed by atoms with van der Waals surface area (Å²) >= 11 is 0. The van der Waals surface area contributed by atoms with Crippen LogP contribution in [-0.4, -0.2) is 7.11 Å². The van der Waals surface area contributed by atoms with Crippen LogP contribution < -0.4 is 9.47 Å². The van der Waals surface area contributed by atoms with Crippen LogP contribution in [0.3, 0.4) is 0 Å². The Hall–Kier alpha value is -3.78. The number of hydrogen-bond acceptors (Lipinski definition) is 2. The monoisotopic (exact) mass is 416 g/mol. The van der Waals surface area contributed by atoms with Gasteiger partial charge in [0.15, 0.2) is 5.60 Å². The first-order valence-corrected chi connectivity index (χ1v) is 11.1. The molecule has 156 valence electrons. The third-order valence-corrected chi connectivity index (χ3v) is 6.80. The predicted molar refractivity (Wildman–Crippen MR) is 128 cm³/mol. The second-order valence-electron chi connectivity index (χ2n) is 8.47. The maximum atomic E-state index is 6.87. The second kappa shape index (κ2) is 7.42. The smallest absolute Gasteiger partial charge is 0.157 e. The van der Waals surface area contributed by atoms with Gasteiger partial charge in [0.05, 0.1) is 7.11 Å². The lowest BCUT2D eigenvalue weighted by molar-refractivity contribution is 0.0144. The summed E-state index contributed by atoms with van der Waals surface area (Å²) in [6.45, 7) is 0. The Morgan fingerprint density at radius 1 is 0.750 bits per heavy atom. The molecule has 1 fully saturated rings. The minimum atomic E-state index is -0.453. The van der Waals surface area contributed by atoms with Crippen LogP contribution in [-0.2, 0) is 5.60 Å². The molecule has 1 aliphatic heterocycles. The number of para-hydroxylation sites is 1. The Morgan fingerprint density at radius 3 is 2.09 bits per heavy atom. The summed E-state index contributed by atoms with van der Waals surface area (Å²) in [6.07, 6.45) is 0.954. The molecule has 6 rings (SSSR count). The van der Waals surface area contributed by atoms with Gasteiger partial charge in [0.2, 0.25) is 0 Å². The molecule has 2 unspecified atom stereocenters. The molecule has 0 spiro atoms. The fourth-order valence-electron chi connectivity index (χ4n) is 5.32. The van der Waals surface area contributed by atoms with Crippen molar-refractivity contribution >= 4 is 5.57 Å². The summed E-state index contributed by atoms with van der Waals surface area (Å²) in [6, 6.07) is 38.2. The van der Waals surface area contributed by atoms with Crippen LogP contribution >= 0.6 is 0 Å². The fraction of sp³-hybridized carbons (Fsp3) is 0.133. The van der Waals surface area contributed by atoms with E-state index in [1.54, 1.807) is 7.11 Å². The lowest BCUT2D eigenvalue weighted by Gasteiger charge is -2.56. The Kier molecular flexibility index (Phi) is 4.39. The van der Waals surface area contributed by atoms with E-state index < -0.39 is 5.60 Å². The summed E-state index contributed by atoms with van der Waals surface area (Å²) in [4.78, 5) is 0. The number of hydrogen-bond donors (Lipinski definition) is 0. The average molecular weight is 417 g/mol. The molecule has 0 radical (unpaired) electrons. The van der Waals surface area contributed by atoms with Gasteiger partial charge in [0.25, 0.3) is 0 Å². The normalized spacial score (nSPS) is 22.2. The molecule has 0 aromatic heterocycles. The number of rotatable bonds is 4. The average Bonchev–Trinajstić information content (AvgIpc) is 2.87. The van der Waals surface area contributed by atoms with Gasteiger partial charge in [0.1, 0.15) is 11.5 Å². The Balaban J connectivity index is 1.65. The SMILES string of the molecule is COc1ccc(/C(=C2\C3CC2(c2ccccc2)Oc2ccccc23)c2ccccc2)cc1. The highest BCUT2D eigenvalue weighted by molar-refractivity contribution is 5.87. The molecule has 0 N–H and O–H groups in total. The molecule has 2 atom stereocenters. The van der Waals surface area contributed by atoms with Crippen LogP contribution in [0.5, 0.6) is 11.5 Å². The Labute approximate surface area is 188 Å². The van der Waals surface area contributed by atoms with Gasteiger partial charge in [-0.05, 0) is 46.0 Å². The van der Waals surface area contributed by atoms with Crippen molar-refractivity contribution in [2.75, 3.05) is 7.11 Å². The van der Waals surface area contributed by atoms with E-state index in [1.807, 2.05) is 12.1 Å². The van der Waals surface area contributed by atoms with Crippen molar-refractivity contribution < 1.29 is 9.47 Å². The summed E-state index contributed by atoms with van der Waals surface area (Å²) in [7, 11) is 1.71. The number of fused-ring (bicyclic) bond motifs is 4. The van der Waals surface area contributed by atoms with Gasteiger partial charge in [-0.3, -0.25) is 0 Å². The van der Waals surface area contributed by atoms with E-state index in [-0.39, 0.29) is 0 Å². The molecule has 0 amide bonds. The van der Waals surface area contributed by atoms with E-state index >= 15 is 0 Å². The highest BCUT2D eigenvalue weighted by atomic mass is 16.5. The molecule has 32 heavy (non-hydrogen) atoms. The molecular weight excluding hydrogens is 392 g/mol. The first-order valence-electron chi connectivity index (χ1n) is 11.1. The van der Waals surface area contributed by atoms with E-state index in [0.717, 1.165) is 17.9 Å². The minimum Gasteiger partial charge on any atom is -0.497 e. The minimum absolute atomic E-state index is 0.331. The van der Waals surface area contributed by atoms with Crippen LogP contribution in [0.4, 0.5) is 0 Å². The van der Waals surface area contributed by atoms with Crippen LogP contribution in [0.2, 0.25) is 0 Å². The van der Waals surface area contributed by atoms with Crippen LogP contribution in [0.1, 0.15) is 34.6 Å². The molecule has 2 bridgehead atoms. The zero-order valence-corrected chi connectivity index (χ0v) is 18.0. The highest BCUT2D eigenvalue weighted by Crippen LogP contribution is 2.65. The van der Waals surface area contributed by atoms with Crippen molar-refractivity contribution in [3.63, 3.8) is 0 Å². The van der Waals surface area contributed by atoms with Crippen molar-refractivity contribution in [1.29, 1.82) is 0 Å². The first kappa shape index (κ1) is 18.9. The lowest BCUT2D eigenvalue weighted by atomic mass is 9.56. The summed E-state index contributed by atoms with van der Waals surface area (Å²) in [5.41, 5.74) is 7.03. The molecule has 1 heterocycles. The summed E-state index contributed by atoms with van der Waals surface area (Å²) in [5, 5.41) is 0. The third kappa shape index (κ3) is 2.80. The fourth-order valence-corrected chi connectivity index (χ4v) is 5.32. The quantitative estimate of drug-likeness (QED) is 0.358. The van der Waals surface area contributed by atoms with Gasteiger partial charge >= 0.3 is 0 Å². The van der Waals surface area contributed by atoms with Crippen molar-refractivity contribution in [3.05, 3.63) is 137 Å². The summed E-state index contributed by atoms with van der Waals surface area (Å²) < 4.78 is 12.3. The molecule has 1 saturated carbocycles. The van der Waals surface area contributed by atoms with E-state index in [4.69, 9.17) is 9.47 Å². The van der Waals surface area contributed by atoms with Gasteiger partial charge in [-0.25, -0.2) is 0 Å². The molecule has 4 aromatic rings. The first-order chi connectivity index (χ1) is 15.8. The van der Waals surface area contributed by atoms with Gasteiger partial charge < -0.3 is 9.47 Å². The molecule has 0 saturated heterocycles. The van der Waals surface area contributed by atoms with E-state index in [2.05, 4.69) is 97.1 Å². The standard InChI is InChI=1S/C30H24O2/c1-31-24-18-16-22(17-19-24)28(21-10-4-2-5-11-21)29-26-20-30(29,23-12-6-3-7-13-23)32-27-15-9-8-14-25(26)27/h2-19,26H,20H2,1H3/b29-28+. The van der Waals surface area contributed by atoms with Crippen molar-refractivity contribution in [1.82, 2.24) is 0 Å². The van der Waals surface area contributed by atoms with E-state index in [1.165, 1.54) is 33.4 Å².